The van der Waals surface area contributed by atoms with Gasteiger partial charge >= 0.3 is 0 Å². The summed E-state index contributed by atoms with van der Waals surface area (Å²) in [6, 6.07) is 10.9. The van der Waals surface area contributed by atoms with Gasteiger partial charge in [0, 0.05) is 44.9 Å². The van der Waals surface area contributed by atoms with Crippen molar-refractivity contribution >= 4 is 11.6 Å². The Hall–Kier alpha value is -2.66. The predicted molar refractivity (Wildman–Crippen MR) is 130 cm³/mol. The zero-order valence-corrected chi connectivity index (χ0v) is 19.9. The van der Waals surface area contributed by atoms with Crippen LogP contribution >= 0.6 is 0 Å². The highest BCUT2D eigenvalue weighted by molar-refractivity contribution is 5.88. The molecule has 4 heterocycles. The quantitative estimate of drug-likeness (QED) is 0.576. The van der Waals surface area contributed by atoms with Crippen molar-refractivity contribution in [2.75, 3.05) is 26.3 Å². The Labute approximate surface area is 196 Å². The molecule has 5 rings (SSSR count). The van der Waals surface area contributed by atoms with Gasteiger partial charge in [0.15, 0.2) is 0 Å². The van der Waals surface area contributed by atoms with Crippen LogP contribution in [0.4, 0.5) is 0 Å². The molecule has 0 aliphatic carbocycles. The fraction of sp³-hybridized carbons (Fsp3) is 0.500. The van der Waals surface area contributed by atoms with Crippen molar-refractivity contribution in [1.29, 1.82) is 0 Å². The number of nitrogens with zero attached hydrogens (tertiary/aromatic N) is 3. The van der Waals surface area contributed by atoms with Crippen molar-refractivity contribution in [2.24, 2.45) is 5.92 Å². The first kappa shape index (κ1) is 22.1. The van der Waals surface area contributed by atoms with E-state index in [4.69, 9.17) is 4.74 Å². The van der Waals surface area contributed by atoms with Gasteiger partial charge in [-0.15, -0.1) is 0 Å². The Bertz CT molecular complexity index is 1110. The van der Waals surface area contributed by atoms with Crippen LogP contribution in [0.2, 0.25) is 0 Å². The minimum Gasteiger partial charge on any atom is -0.381 e. The van der Waals surface area contributed by atoms with Gasteiger partial charge in [-0.05, 0) is 75.5 Å². The van der Waals surface area contributed by atoms with Crippen molar-refractivity contribution in [3.8, 4) is 0 Å². The first-order valence-electron chi connectivity index (χ1n) is 12.4. The Morgan fingerprint density at radius 1 is 1.09 bits per heavy atom. The number of hydrogen-bond donors (Lipinski definition) is 0. The van der Waals surface area contributed by atoms with Gasteiger partial charge in [-0.25, -0.2) is 4.98 Å². The summed E-state index contributed by atoms with van der Waals surface area (Å²) in [5.41, 5.74) is 5.56. The number of hydrogen-bond acceptors (Lipinski definition) is 3. The fourth-order valence-electron chi connectivity index (χ4n) is 5.95. The van der Waals surface area contributed by atoms with Crippen LogP contribution in [0.25, 0.3) is 5.65 Å². The molecule has 1 amide bonds. The van der Waals surface area contributed by atoms with E-state index in [1.54, 1.807) is 0 Å². The molecule has 2 aliphatic rings. The van der Waals surface area contributed by atoms with Crippen LogP contribution < -0.4 is 0 Å². The highest BCUT2D eigenvalue weighted by Gasteiger charge is 2.44. The summed E-state index contributed by atoms with van der Waals surface area (Å²) in [4.78, 5) is 20.8. The number of carbonyl (C=O) groups is 1. The second-order valence-corrected chi connectivity index (χ2v) is 10.1. The van der Waals surface area contributed by atoms with E-state index in [0.29, 0.717) is 25.0 Å². The molecular weight excluding hydrogens is 410 g/mol. The lowest BCUT2D eigenvalue weighted by Crippen LogP contribution is -2.50. The zero-order chi connectivity index (χ0) is 22.8. The number of benzene rings is 1. The average molecular weight is 446 g/mol. The third-order valence-electron chi connectivity index (χ3n) is 7.67. The van der Waals surface area contributed by atoms with Gasteiger partial charge in [0.25, 0.3) is 0 Å². The molecule has 5 nitrogen and oxygen atoms in total. The molecule has 2 saturated heterocycles. The monoisotopic (exact) mass is 445 g/mol. The van der Waals surface area contributed by atoms with Crippen LogP contribution in [-0.2, 0) is 21.4 Å². The van der Waals surface area contributed by atoms with E-state index in [2.05, 4.69) is 64.7 Å². The van der Waals surface area contributed by atoms with Crippen LogP contribution in [0.5, 0.6) is 0 Å². The number of aryl methyl sites for hydroxylation is 2. The smallest absolute Gasteiger partial charge is 0.233 e. The normalized spacial score (nSPS) is 21.2. The Balaban J connectivity index is 1.34. The van der Waals surface area contributed by atoms with Crippen molar-refractivity contribution < 1.29 is 9.53 Å². The minimum absolute atomic E-state index is 0.312. The Morgan fingerprint density at radius 2 is 1.88 bits per heavy atom. The molecule has 2 aromatic heterocycles. The lowest BCUT2D eigenvalue weighted by atomic mass is 9.72. The molecular formula is C28H35N3O2. The number of fused-ring (bicyclic) bond motifs is 1. The summed E-state index contributed by atoms with van der Waals surface area (Å²) in [5, 5.41) is 0. The highest BCUT2D eigenvalue weighted by Crippen LogP contribution is 2.38. The van der Waals surface area contributed by atoms with Crippen LogP contribution in [0.3, 0.4) is 0 Å². The van der Waals surface area contributed by atoms with Crippen molar-refractivity contribution in [2.45, 2.75) is 57.8 Å². The first-order chi connectivity index (χ1) is 16.0. The summed E-state index contributed by atoms with van der Waals surface area (Å²) in [6.45, 7) is 7.27. The number of likely N-dealkylation sites (tertiary alicyclic amines) is 1. The SMILES string of the molecule is Cc1cc(C)cc(C2(C(=O)N3CCCC(Cc4cccn5ccnc45)CC3)CCOCC2)c1. The molecule has 0 N–H and O–H groups in total. The number of carbonyl (C=O) groups excluding carboxylic acids is 1. The number of ether oxygens (including phenoxy) is 1. The maximum absolute atomic E-state index is 14.1. The maximum Gasteiger partial charge on any atom is 0.233 e. The molecule has 174 valence electrons. The predicted octanol–water partition coefficient (Wildman–Crippen LogP) is 4.87. The van der Waals surface area contributed by atoms with Gasteiger partial charge in [-0.2, -0.15) is 0 Å². The van der Waals surface area contributed by atoms with Crippen molar-refractivity contribution in [1.82, 2.24) is 14.3 Å². The summed E-state index contributed by atoms with van der Waals surface area (Å²) < 4.78 is 7.80. The van der Waals surface area contributed by atoms with E-state index in [1.165, 1.54) is 22.3 Å². The van der Waals surface area contributed by atoms with Gasteiger partial charge in [0.05, 0.1) is 5.41 Å². The van der Waals surface area contributed by atoms with E-state index in [9.17, 15) is 4.79 Å². The second kappa shape index (κ2) is 9.30. The third-order valence-corrected chi connectivity index (χ3v) is 7.67. The Kier molecular flexibility index (Phi) is 6.24. The topological polar surface area (TPSA) is 46.8 Å². The second-order valence-electron chi connectivity index (χ2n) is 10.1. The standard InChI is InChI=1S/C28H35N3O2/c1-21-17-22(2)19-25(18-21)28(8-15-33-16-9-28)27(32)31-12-3-5-23(7-13-31)20-24-6-4-11-30-14-10-29-26(24)30/h4,6,10-11,14,17-19,23H,3,5,7-9,12-13,15-16,20H2,1-2H3. The average Bonchev–Trinajstić information content (AvgIpc) is 3.19. The lowest BCUT2D eigenvalue weighted by Gasteiger charge is -2.40. The Morgan fingerprint density at radius 3 is 2.67 bits per heavy atom. The number of pyridine rings is 1. The molecule has 0 bridgehead atoms. The van der Waals surface area contributed by atoms with Crippen LogP contribution in [0.1, 0.15) is 54.4 Å². The number of rotatable bonds is 4. The van der Waals surface area contributed by atoms with Gasteiger partial charge < -0.3 is 14.0 Å². The zero-order valence-electron chi connectivity index (χ0n) is 19.9. The van der Waals surface area contributed by atoms with Gasteiger partial charge in [0.2, 0.25) is 5.91 Å². The summed E-state index contributed by atoms with van der Waals surface area (Å²) in [5.74, 6) is 0.893. The summed E-state index contributed by atoms with van der Waals surface area (Å²) >= 11 is 0. The first-order valence-corrected chi connectivity index (χ1v) is 12.4. The van der Waals surface area contributed by atoms with Crippen LogP contribution in [0, 0.1) is 19.8 Å². The van der Waals surface area contributed by atoms with E-state index >= 15 is 0 Å². The van der Waals surface area contributed by atoms with E-state index in [1.807, 2.05) is 12.4 Å². The van der Waals surface area contributed by atoms with Crippen LogP contribution in [-0.4, -0.2) is 46.5 Å². The number of aromatic nitrogens is 2. The molecule has 33 heavy (non-hydrogen) atoms. The molecule has 3 aromatic rings. The fourth-order valence-corrected chi connectivity index (χ4v) is 5.95. The molecule has 1 atom stereocenters. The number of amides is 1. The van der Waals surface area contributed by atoms with E-state index < -0.39 is 5.41 Å². The summed E-state index contributed by atoms with van der Waals surface area (Å²) in [7, 11) is 0. The minimum atomic E-state index is -0.448. The largest absolute Gasteiger partial charge is 0.381 e. The highest BCUT2D eigenvalue weighted by atomic mass is 16.5. The van der Waals surface area contributed by atoms with Crippen LogP contribution in [0.15, 0.2) is 48.9 Å². The molecule has 1 aromatic carbocycles. The maximum atomic E-state index is 14.1. The molecule has 0 saturated carbocycles. The van der Waals surface area contributed by atoms with E-state index in [-0.39, 0.29) is 0 Å². The van der Waals surface area contributed by atoms with Gasteiger partial charge in [-0.3, -0.25) is 4.79 Å². The molecule has 2 fully saturated rings. The number of imidazole rings is 1. The molecule has 5 heteroatoms. The van der Waals surface area contributed by atoms with Crippen molar-refractivity contribution in [3.05, 3.63) is 71.2 Å². The van der Waals surface area contributed by atoms with E-state index in [0.717, 1.165) is 57.3 Å². The third kappa shape index (κ3) is 4.43. The molecule has 0 radical (unpaired) electrons. The molecule has 1 unspecified atom stereocenters. The van der Waals surface area contributed by atoms with Crippen molar-refractivity contribution in [3.63, 3.8) is 0 Å². The summed E-state index contributed by atoms with van der Waals surface area (Å²) in [6.07, 6.45) is 11.8. The lowest BCUT2D eigenvalue weighted by molar-refractivity contribution is -0.141. The molecule has 0 spiro atoms. The van der Waals surface area contributed by atoms with Gasteiger partial charge in [0.1, 0.15) is 5.65 Å². The van der Waals surface area contributed by atoms with Gasteiger partial charge in [-0.1, -0.05) is 35.4 Å². The molecule has 2 aliphatic heterocycles.